The van der Waals surface area contributed by atoms with E-state index in [9.17, 15) is 4.79 Å². The Balaban J connectivity index is 2.53. The number of rotatable bonds is 3. The Kier molecular flexibility index (Phi) is 2.41. The minimum absolute atomic E-state index is 0.0110. The van der Waals surface area contributed by atoms with Gasteiger partial charge in [-0.1, -0.05) is 27.7 Å². The summed E-state index contributed by atoms with van der Waals surface area (Å²) in [5.41, 5.74) is 2.65. The number of hydrogen-bond donors (Lipinski definition) is 1. The molecule has 0 unspecified atom stereocenters. The molecule has 0 aromatic carbocycles. The summed E-state index contributed by atoms with van der Waals surface area (Å²) < 4.78 is 0. The van der Waals surface area contributed by atoms with Crippen molar-refractivity contribution in [1.29, 1.82) is 0 Å². The summed E-state index contributed by atoms with van der Waals surface area (Å²) in [5.74, 6) is 0.0865. The molecule has 0 aromatic heterocycles. The molecule has 1 aliphatic carbocycles. The zero-order valence-corrected chi connectivity index (χ0v) is 9.10. The fourth-order valence-electron chi connectivity index (χ4n) is 2.05. The van der Waals surface area contributed by atoms with Gasteiger partial charge in [0.1, 0.15) is 0 Å². The van der Waals surface area contributed by atoms with Crippen LogP contribution >= 0.6 is 0 Å². The van der Waals surface area contributed by atoms with Gasteiger partial charge < -0.3 is 0 Å². The number of amides is 1. The molecule has 3 heteroatoms. The fraction of sp³-hybridized carbons (Fsp3) is 0.900. The van der Waals surface area contributed by atoms with E-state index in [1.54, 1.807) is 0 Å². The van der Waals surface area contributed by atoms with E-state index in [0.29, 0.717) is 6.61 Å². The lowest BCUT2D eigenvalue weighted by molar-refractivity contribution is -0.135. The van der Waals surface area contributed by atoms with Crippen molar-refractivity contribution in [2.24, 2.45) is 16.7 Å². The summed E-state index contributed by atoms with van der Waals surface area (Å²) in [4.78, 5) is 16.4. The molecule has 0 aromatic rings. The number of carbonyl (C=O) groups is 1. The average Bonchev–Trinajstić information content (AvgIpc) is 2.39. The summed E-state index contributed by atoms with van der Waals surface area (Å²) in [6.45, 7) is 10.8. The Labute approximate surface area is 79.8 Å². The van der Waals surface area contributed by atoms with Gasteiger partial charge in [0.2, 0.25) is 5.91 Å². The number of hydrogen-bond acceptors (Lipinski definition) is 2. The number of nitrogens with one attached hydrogen (secondary N) is 1. The van der Waals surface area contributed by atoms with Gasteiger partial charge >= 0.3 is 0 Å². The van der Waals surface area contributed by atoms with Crippen LogP contribution in [0.3, 0.4) is 0 Å². The lowest BCUT2D eigenvalue weighted by Gasteiger charge is -2.03. The highest BCUT2D eigenvalue weighted by Gasteiger charge is 2.68. The molecule has 0 bridgehead atoms. The van der Waals surface area contributed by atoms with Crippen LogP contribution < -0.4 is 5.48 Å². The maximum absolute atomic E-state index is 11.6. The molecule has 1 saturated carbocycles. The molecule has 0 aliphatic heterocycles. The normalized spacial score (nSPS) is 24.1. The Hall–Kier alpha value is -0.570. The molecule has 3 nitrogen and oxygen atoms in total. The van der Waals surface area contributed by atoms with Crippen LogP contribution in [0.4, 0.5) is 0 Å². The van der Waals surface area contributed by atoms with Gasteiger partial charge in [-0.15, -0.1) is 0 Å². The van der Waals surface area contributed by atoms with Crippen molar-refractivity contribution >= 4 is 5.91 Å². The Morgan fingerprint density at radius 2 is 1.77 bits per heavy atom. The number of carbonyl (C=O) groups excluding carboxylic acids is 1. The third kappa shape index (κ3) is 1.46. The first-order valence-electron chi connectivity index (χ1n) is 4.77. The highest BCUT2D eigenvalue weighted by molar-refractivity contribution is 5.83. The Bertz CT molecular complexity index is 207. The molecule has 1 N–H and O–H groups in total. The first-order chi connectivity index (χ1) is 5.85. The van der Waals surface area contributed by atoms with Crippen LogP contribution in [0.2, 0.25) is 0 Å². The van der Waals surface area contributed by atoms with Crippen LogP contribution in [0.25, 0.3) is 0 Å². The van der Waals surface area contributed by atoms with Crippen LogP contribution in [0.15, 0.2) is 0 Å². The molecule has 1 fully saturated rings. The fourth-order valence-corrected chi connectivity index (χ4v) is 2.05. The second-order valence-electron chi connectivity index (χ2n) is 4.78. The third-order valence-corrected chi connectivity index (χ3v) is 3.60. The zero-order valence-electron chi connectivity index (χ0n) is 9.10. The second kappa shape index (κ2) is 2.98. The smallest absolute Gasteiger partial charge is 0.247 e. The van der Waals surface area contributed by atoms with E-state index in [1.807, 2.05) is 6.92 Å². The molecule has 0 radical (unpaired) electrons. The van der Waals surface area contributed by atoms with Gasteiger partial charge in [-0.05, 0) is 17.8 Å². The summed E-state index contributed by atoms with van der Waals surface area (Å²) in [6, 6.07) is 0. The average molecular weight is 185 g/mol. The molecular weight excluding hydrogens is 166 g/mol. The van der Waals surface area contributed by atoms with Crippen LogP contribution in [0.1, 0.15) is 34.6 Å². The quantitative estimate of drug-likeness (QED) is 0.680. The van der Waals surface area contributed by atoms with Crippen molar-refractivity contribution in [1.82, 2.24) is 5.48 Å². The van der Waals surface area contributed by atoms with Crippen LogP contribution in [0, 0.1) is 16.7 Å². The first-order valence-corrected chi connectivity index (χ1v) is 4.77. The molecule has 13 heavy (non-hydrogen) atoms. The molecule has 1 aliphatic rings. The maximum Gasteiger partial charge on any atom is 0.247 e. The van der Waals surface area contributed by atoms with Crippen molar-refractivity contribution in [2.75, 3.05) is 6.61 Å². The van der Waals surface area contributed by atoms with Crippen LogP contribution in [-0.2, 0) is 9.63 Å². The standard InChI is InChI=1S/C10H19NO2/c1-6-13-11-8(12)7-9(2,3)10(7,4)5/h7H,6H2,1-5H3,(H,11,12). The maximum atomic E-state index is 11.6. The second-order valence-corrected chi connectivity index (χ2v) is 4.78. The molecule has 1 rings (SSSR count). The van der Waals surface area contributed by atoms with E-state index in [-0.39, 0.29) is 22.7 Å². The van der Waals surface area contributed by atoms with Crippen LogP contribution in [-0.4, -0.2) is 12.5 Å². The molecule has 76 valence electrons. The summed E-state index contributed by atoms with van der Waals surface area (Å²) in [7, 11) is 0. The Morgan fingerprint density at radius 1 is 1.31 bits per heavy atom. The zero-order chi connectivity index (χ0) is 10.3. The predicted octanol–water partition coefficient (Wildman–Crippen LogP) is 1.74. The molecule has 0 spiro atoms. The van der Waals surface area contributed by atoms with Gasteiger partial charge in [0, 0.05) is 0 Å². The van der Waals surface area contributed by atoms with E-state index in [0.717, 1.165) is 0 Å². The van der Waals surface area contributed by atoms with Gasteiger partial charge in [-0.25, -0.2) is 5.48 Å². The van der Waals surface area contributed by atoms with Crippen molar-refractivity contribution in [3.63, 3.8) is 0 Å². The van der Waals surface area contributed by atoms with Gasteiger partial charge in [0.25, 0.3) is 0 Å². The van der Waals surface area contributed by atoms with E-state index >= 15 is 0 Å². The Morgan fingerprint density at radius 3 is 2.08 bits per heavy atom. The minimum atomic E-state index is 0.0110. The van der Waals surface area contributed by atoms with Gasteiger partial charge in [0.05, 0.1) is 12.5 Å². The first kappa shape index (κ1) is 10.5. The van der Waals surface area contributed by atoms with Gasteiger partial charge in [-0.2, -0.15) is 0 Å². The monoisotopic (exact) mass is 185 g/mol. The lowest BCUT2D eigenvalue weighted by atomic mass is 10.0. The SMILES string of the molecule is CCONC(=O)C1C(C)(C)C1(C)C. The van der Waals surface area contributed by atoms with Crippen molar-refractivity contribution in [2.45, 2.75) is 34.6 Å². The van der Waals surface area contributed by atoms with E-state index < -0.39 is 0 Å². The highest BCUT2D eigenvalue weighted by Crippen LogP contribution is 2.68. The van der Waals surface area contributed by atoms with Crippen molar-refractivity contribution in [3.8, 4) is 0 Å². The molecule has 0 saturated heterocycles. The van der Waals surface area contributed by atoms with E-state index in [2.05, 4.69) is 33.2 Å². The summed E-state index contributed by atoms with van der Waals surface area (Å²) >= 11 is 0. The van der Waals surface area contributed by atoms with E-state index in [4.69, 9.17) is 4.84 Å². The van der Waals surface area contributed by atoms with E-state index in [1.165, 1.54) is 0 Å². The van der Waals surface area contributed by atoms with Crippen molar-refractivity contribution < 1.29 is 9.63 Å². The highest BCUT2D eigenvalue weighted by atomic mass is 16.6. The topological polar surface area (TPSA) is 38.3 Å². The van der Waals surface area contributed by atoms with Gasteiger partial charge in [-0.3, -0.25) is 9.63 Å². The van der Waals surface area contributed by atoms with Crippen molar-refractivity contribution in [3.05, 3.63) is 0 Å². The molecule has 1 amide bonds. The summed E-state index contributed by atoms with van der Waals surface area (Å²) in [5, 5.41) is 0. The molecule has 0 heterocycles. The molecular formula is C10H19NO2. The lowest BCUT2D eigenvalue weighted by Crippen LogP contribution is -2.27. The predicted molar refractivity (Wildman–Crippen MR) is 50.8 cm³/mol. The molecule has 0 atom stereocenters. The third-order valence-electron chi connectivity index (χ3n) is 3.60. The van der Waals surface area contributed by atoms with Crippen LogP contribution in [0.5, 0.6) is 0 Å². The summed E-state index contributed by atoms with van der Waals surface area (Å²) in [6.07, 6.45) is 0. The van der Waals surface area contributed by atoms with Gasteiger partial charge in [0.15, 0.2) is 0 Å². The minimum Gasteiger partial charge on any atom is -0.274 e. The number of hydroxylamine groups is 1. The largest absolute Gasteiger partial charge is 0.274 e.